The highest BCUT2D eigenvalue weighted by Gasteiger charge is 2.43. The van der Waals surface area contributed by atoms with Gasteiger partial charge in [-0.2, -0.15) is 13.2 Å². The van der Waals surface area contributed by atoms with Gasteiger partial charge in [-0.3, -0.25) is 4.90 Å². The van der Waals surface area contributed by atoms with Crippen LogP contribution in [0.25, 0.3) is 0 Å². The maximum absolute atomic E-state index is 13.1. The van der Waals surface area contributed by atoms with Crippen molar-refractivity contribution in [3.63, 3.8) is 0 Å². The van der Waals surface area contributed by atoms with Crippen molar-refractivity contribution >= 4 is 11.6 Å². The van der Waals surface area contributed by atoms with E-state index in [0.29, 0.717) is 30.0 Å². The van der Waals surface area contributed by atoms with E-state index in [2.05, 4.69) is 21.2 Å². The van der Waals surface area contributed by atoms with Crippen LogP contribution in [0, 0.1) is 0 Å². The predicted octanol–water partition coefficient (Wildman–Crippen LogP) is 4.17. The molecule has 1 aromatic heterocycles. The second-order valence-electron chi connectivity index (χ2n) is 8.17. The molecule has 9 heteroatoms. The summed E-state index contributed by atoms with van der Waals surface area (Å²) in [7, 11) is 0. The number of nitrogens with two attached hydrogens (primary N) is 1. The van der Waals surface area contributed by atoms with Crippen LogP contribution in [0.2, 0.25) is 5.02 Å². The Balaban J connectivity index is 1.50. The molecular formula is C20H25ClF3N5. The molecule has 0 saturated heterocycles. The lowest BCUT2D eigenvalue weighted by atomic mass is 9.68. The molecule has 1 atom stereocenters. The van der Waals surface area contributed by atoms with E-state index < -0.39 is 12.0 Å². The van der Waals surface area contributed by atoms with Gasteiger partial charge in [-0.05, 0) is 50.3 Å². The minimum atomic E-state index is -4.48. The number of alkyl halides is 3. The standard InChI is InChI=1S/C20H25ClF3N5/c1-13-17-26-27-18(20(22,23)24)29(17)10-9-28(13)16-5-7-19(12-25,8-6-16)14-3-2-4-15(21)11-14/h2-4,11,13,16H,5-10,12,25H2,1H3/t13?,16-,19+. The molecule has 158 valence electrons. The number of hydrogen-bond acceptors (Lipinski definition) is 4. The zero-order chi connectivity index (χ0) is 20.8. The lowest BCUT2D eigenvalue weighted by Gasteiger charge is -2.46. The van der Waals surface area contributed by atoms with Gasteiger partial charge in [-0.25, -0.2) is 0 Å². The van der Waals surface area contributed by atoms with Crippen molar-refractivity contribution in [3.05, 3.63) is 46.5 Å². The van der Waals surface area contributed by atoms with Gasteiger partial charge in [0.1, 0.15) is 5.82 Å². The highest BCUT2D eigenvalue weighted by atomic mass is 35.5. The quantitative estimate of drug-likeness (QED) is 0.798. The Morgan fingerprint density at radius 2 is 1.93 bits per heavy atom. The Bertz CT molecular complexity index is 873. The average molecular weight is 428 g/mol. The van der Waals surface area contributed by atoms with Crippen LogP contribution in [0.5, 0.6) is 0 Å². The summed E-state index contributed by atoms with van der Waals surface area (Å²) in [4.78, 5) is 2.28. The third kappa shape index (κ3) is 3.66. The van der Waals surface area contributed by atoms with E-state index in [9.17, 15) is 13.2 Å². The van der Waals surface area contributed by atoms with Gasteiger partial charge in [0.15, 0.2) is 0 Å². The Hall–Kier alpha value is -1.64. The van der Waals surface area contributed by atoms with E-state index in [4.69, 9.17) is 17.3 Å². The summed E-state index contributed by atoms with van der Waals surface area (Å²) < 4.78 is 40.7. The molecule has 1 saturated carbocycles. The van der Waals surface area contributed by atoms with E-state index >= 15 is 0 Å². The van der Waals surface area contributed by atoms with Crippen LogP contribution in [-0.4, -0.2) is 38.8 Å². The third-order valence-corrected chi connectivity index (χ3v) is 6.93. The molecule has 2 heterocycles. The zero-order valence-corrected chi connectivity index (χ0v) is 17.0. The molecular weight excluding hydrogens is 403 g/mol. The summed E-state index contributed by atoms with van der Waals surface area (Å²) in [6.07, 6.45) is -0.741. The van der Waals surface area contributed by atoms with Crippen molar-refractivity contribution in [1.29, 1.82) is 0 Å². The van der Waals surface area contributed by atoms with Gasteiger partial charge in [0, 0.05) is 36.1 Å². The average Bonchev–Trinajstić information content (AvgIpc) is 3.14. The molecule has 0 bridgehead atoms. The molecule has 0 spiro atoms. The molecule has 1 aliphatic heterocycles. The number of rotatable bonds is 3. The molecule has 2 N–H and O–H groups in total. The van der Waals surface area contributed by atoms with Crippen LogP contribution in [0.15, 0.2) is 24.3 Å². The minimum absolute atomic E-state index is 0.0934. The van der Waals surface area contributed by atoms with Gasteiger partial charge >= 0.3 is 6.18 Å². The monoisotopic (exact) mass is 427 g/mol. The van der Waals surface area contributed by atoms with E-state index in [0.717, 1.165) is 25.7 Å². The van der Waals surface area contributed by atoms with E-state index in [1.165, 1.54) is 10.1 Å². The normalized spacial score (nSPS) is 28.3. The summed E-state index contributed by atoms with van der Waals surface area (Å²) in [5.74, 6) is -0.500. The smallest absolute Gasteiger partial charge is 0.330 e. The highest BCUT2D eigenvalue weighted by Crippen LogP contribution is 2.43. The lowest BCUT2D eigenvalue weighted by Crippen LogP contribution is -2.49. The summed E-state index contributed by atoms with van der Waals surface area (Å²) >= 11 is 6.19. The molecule has 0 amide bonds. The first-order valence-electron chi connectivity index (χ1n) is 9.97. The summed E-state index contributed by atoms with van der Waals surface area (Å²) in [6, 6.07) is 8.00. The van der Waals surface area contributed by atoms with Crippen LogP contribution < -0.4 is 5.73 Å². The minimum Gasteiger partial charge on any atom is -0.330 e. The van der Waals surface area contributed by atoms with Crippen molar-refractivity contribution in [3.8, 4) is 0 Å². The van der Waals surface area contributed by atoms with Gasteiger partial charge in [-0.15, -0.1) is 10.2 Å². The fourth-order valence-corrected chi connectivity index (χ4v) is 5.22. The maximum atomic E-state index is 13.1. The fraction of sp³-hybridized carbons (Fsp3) is 0.600. The lowest BCUT2D eigenvalue weighted by molar-refractivity contribution is -0.148. The predicted molar refractivity (Wildman–Crippen MR) is 105 cm³/mol. The topological polar surface area (TPSA) is 60.0 Å². The molecule has 1 aromatic carbocycles. The van der Waals surface area contributed by atoms with Gasteiger partial charge < -0.3 is 10.3 Å². The number of aromatic nitrogens is 3. The van der Waals surface area contributed by atoms with Crippen LogP contribution in [-0.2, 0) is 18.1 Å². The Kier molecular flexibility index (Phi) is 5.38. The van der Waals surface area contributed by atoms with E-state index in [-0.39, 0.29) is 18.0 Å². The first-order chi connectivity index (χ1) is 13.7. The molecule has 2 aliphatic rings. The molecule has 2 aromatic rings. The second-order valence-corrected chi connectivity index (χ2v) is 8.61. The molecule has 29 heavy (non-hydrogen) atoms. The van der Waals surface area contributed by atoms with Gasteiger partial charge in [0.05, 0.1) is 6.04 Å². The largest absolute Gasteiger partial charge is 0.451 e. The molecule has 1 aliphatic carbocycles. The van der Waals surface area contributed by atoms with Crippen molar-refractivity contribution in [1.82, 2.24) is 19.7 Å². The van der Waals surface area contributed by atoms with Crippen molar-refractivity contribution in [2.24, 2.45) is 5.73 Å². The Morgan fingerprint density at radius 1 is 1.21 bits per heavy atom. The van der Waals surface area contributed by atoms with Gasteiger partial charge in [0.2, 0.25) is 5.82 Å². The second kappa shape index (κ2) is 7.56. The highest BCUT2D eigenvalue weighted by molar-refractivity contribution is 6.30. The number of halogens is 4. The summed E-state index contributed by atoms with van der Waals surface area (Å²) in [6.45, 7) is 3.29. The number of benzene rings is 1. The number of nitrogens with zero attached hydrogens (tertiary/aromatic N) is 4. The fourth-order valence-electron chi connectivity index (χ4n) is 5.03. The third-order valence-electron chi connectivity index (χ3n) is 6.69. The zero-order valence-electron chi connectivity index (χ0n) is 16.3. The van der Waals surface area contributed by atoms with Crippen LogP contribution >= 0.6 is 11.6 Å². The van der Waals surface area contributed by atoms with Gasteiger partial charge in [0.25, 0.3) is 0 Å². The molecule has 1 unspecified atom stereocenters. The molecule has 5 nitrogen and oxygen atoms in total. The van der Waals surface area contributed by atoms with Crippen LogP contribution in [0.4, 0.5) is 13.2 Å². The summed E-state index contributed by atoms with van der Waals surface area (Å²) in [5, 5.41) is 7.99. The Labute approximate surface area is 173 Å². The first-order valence-corrected chi connectivity index (χ1v) is 10.3. The van der Waals surface area contributed by atoms with Crippen molar-refractivity contribution in [2.75, 3.05) is 13.1 Å². The number of fused-ring (bicyclic) bond motifs is 1. The van der Waals surface area contributed by atoms with E-state index in [1.54, 1.807) is 0 Å². The summed E-state index contributed by atoms with van der Waals surface area (Å²) in [5.41, 5.74) is 7.27. The maximum Gasteiger partial charge on any atom is 0.451 e. The SMILES string of the molecule is CC1c2nnc(C(F)(F)F)n2CCN1[C@H]1CC[C@@](CN)(c2cccc(Cl)c2)CC1. The van der Waals surface area contributed by atoms with Crippen LogP contribution in [0.3, 0.4) is 0 Å². The van der Waals surface area contributed by atoms with E-state index in [1.807, 2.05) is 25.1 Å². The Morgan fingerprint density at radius 3 is 2.55 bits per heavy atom. The van der Waals surface area contributed by atoms with Gasteiger partial charge in [-0.1, -0.05) is 23.7 Å². The van der Waals surface area contributed by atoms with Crippen LogP contribution in [0.1, 0.15) is 55.9 Å². The van der Waals surface area contributed by atoms with Crippen molar-refractivity contribution in [2.45, 2.75) is 62.8 Å². The molecule has 1 fully saturated rings. The molecule has 4 rings (SSSR count). The first kappa shape index (κ1) is 20.6. The number of hydrogen-bond donors (Lipinski definition) is 1. The molecule has 0 radical (unpaired) electrons. The van der Waals surface area contributed by atoms with Crippen molar-refractivity contribution < 1.29 is 13.2 Å².